The van der Waals surface area contributed by atoms with Crippen LogP contribution in [0.15, 0.2) is 48.5 Å². The van der Waals surface area contributed by atoms with Gasteiger partial charge in [-0.2, -0.15) is 0 Å². The maximum Gasteiger partial charge on any atom is 0.267 e. The third-order valence-corrected chi connectivity index (χ3v) is 5.97. The van der Waals surface area contributed by atoms with Gasteiger partial charge in [-0.25, -0.2) is 5.48 Å². The summed E-state index contributed by atoms with van der Waals surface area (Å²) in [4.78, 5) is 50.7. The van der Waals surface area contributed by atoms with Crippen molar-refractivity contribution >= 4 is 23.6 Å². The van der Waals surface area contributed by atoms with Gasteiger partial charge in [0.15, 0.2) is 0 Å². The van der Waals surface area contributed by atoms with Gasteiger partial charge < -0.3 is 15.5 Å². The lowest BCUT2D eigenvalue weighted by atomic mass is 10.0. The van der Waals surface area contributed by atoms with E-state index in [-0.39, 0.29) is 37.7 Å². The molecule has 0 radical (unpaired) electrons. The third kappa shape index (κ3) is 7.38. The average molecular weight is 481 g/mol. The zero-order chi connectivity index (χ0) is 25.2. The number of hydroxylamine groups is 1. The van der Waals surface area contributed by atoms with Crippen LogP contribution >= 0.6 is 0 Å². The van der Waals surface area contributed by atoms with E-state index >= 15 is 0 Å². The Hall–Kier alpha value is -3.72. The van der Waals surface area contributed by atoms with Crippen molar-refractivity contribution in [2.24, 2.45) is 0 Å². The average Bonchev–Trinajstić information content (AvgIpc) is 3.20. The van der Waals surface area contributed by atoms with Crippen LogP contribution in [0.25, 0.3) is 0 Å². The molecular formula is C26H32N4O5. The highest BCUT2D eigenvalue weighted by atomic mass is 16.5. The highest BCUT2D eigenvalue weighted by Crippen LogP contribution is 2.22. The van der Waals surface area contributed by atoms with Crippen LogP contribution in [0, 0.1) is 0 Å². The Morgan fingerprint density at radius 3 is 2.31 bits per heavy atom. The van der Waals surface area contributed by atoms with E-state index in [2.05, 4.69) is 29.7 Å². The van der Waals surface area contributed by atoms with E-state index in [0.717, 1.165) is 24.0 Å². The van der Waals surface area contributed by atoms with Crippen molar-refractivity contribution in [2.75, 3.05) is 13.1 Å². The summed E-state index contributed by atoms with van der Waals surface area (Å²) in [6.07, 6.45) is 2.85. The lowest BCUT2D eigenvalue weighted by Crippen LogP contribution is -2.52. The van der Waals surface area contributed by atoms with Crippen molar-refractivity contribution < 1.29 is 24.4 Å². The molecule has 9 nitrogen and oxygen atoms in total. The molecule has 1 atom stereocenters. The molecule has 4 amide bonds. The number of carbonyl (C=O) groups is 4. The van der Waals surface area contributed by atoms with Crippen molar-refractivity contribution in [3.63, 3.8) is 0 Å². The molecule has 35 heavy (non-hydrogen) atoms. The van der Waals surface area contributed by atoms with E-state index in [1.165, 1.54) is 11.0 Å². The molecule has 0 saturated carbocycles. The Bertz CT molecular complexity index is 1050. The van der Waals surface area contributed by atoms with Gasteiger partial charge in [-0.3, -0.25) is 24.4 Å². The minimum absolute atomic E-state index is 0.0170. The van der Waals surface area contributed by atoms with Crippen LogP contribution in [0.1, 0.15) is 53.2 Å². The summed E-state index contributed by atoms with van der Waals surface area (Å²) in [5, 5.41) is 14.2. The van der Waals surface area contributed by atoms with E-state index in [9.17, 15) is 19.2 Å². The van der Waals surface area contributed by atoms with Gasteiger partial charge in [0.2, 0.25) is 11.8 Å². The number of carbonyl (C=O) groups excluding carboxylic acids is 4. The fraction of sp³-hybridized carbons (Fsp3) is 0.385. The lowest BCUT2D eigenvalue weighted by molar-refractivity contribution is -0.135. The van der Waals surface area contributed by atoms with E-state index in [1.54, 1.807) is 17.0 Å². The summed E-state index contributed by atoms with van der Waals surface area (Å²) >= 11 is 0. The number of nitrogens with zero attached hydrogens (tertiary/aromatic N) is 1. The topological polar surface area (TPSA) is 128 Å². The normalized spacial score (nSPS) is 13.2. The predicted molar refractivity (Wildman–Crippen MR) is 129 cm³/mol. The van der Waals surface area contributed by atoms with Crippen LogP contribution in [-0.2, 0) is 33.8 Å². The van der Waals surface area contributed by atoms with Crippen molar-refractivity contribution in [1.82, 2.24) is 21.0 Å². The largest absolute Gasteiger partial charge is 0.353 e. The van der Waals surface area contributed by atoms with Gasteiger partial charge in [0.25, 0.3) is 11.8 Å². The number of fused-ring (bicyclic) bond motifs is 1. The van der Waals surface area contributed by atoms with Gasteiger partial charge in [-0.15, -0.1) is 0 Å². The number of benzene rings is 2. The number of amides is 4. The van der Waals surface area contributed by atoms with Gasteiger partial charge in [-0.05, 0) is 35.6 Å². The van der Waals surface area contributed by atoms with Crippen LogP contribution in [0.3, 0.4) is 0 Å². The first-order valence-electron chi connectivity index (χ1n) is 11.9. The molecule has 0 spiro atoms. The van der Waals surface area contributed by atoms with E-state index in [4.69, 9.17) is 5.21 Å². The van der Waals surface area contributed by atoms with Crippen LogP contribution < -0.4 is 16.1 Å². The zero-order valence-electron chi connectivity index (χ0n) is 19.9. The SMILES string of the molecule is CCCc1ccc(CCC(=O)NC[C@H](NC(=O)CCN2Cc3ccccc3C2=O)C(=O)NO)cc1. The van der Waals surface area contributed by atoms with Gasteiger partial charge in [0.05, 0.1) is 0 Å². The Kier molecular flexibility index (Phi) is 9.37. The first-order valence-corrected chi connectivity index (χ1v) is 11.9. The highest BCUT2D eigenvalue weighted by molar-refractivity contribution is 5.98. The lowest BCUT2D eigenvalue weighted by Gasteiger charge is -2.19. The van der Waals surface area contributed by atoms with Gasteiger partial charge in [0, 0.05) is 38.0 Å². The van der Waals surface area contributed by atoms with E-state index in [1.807, 2.05) is 24.3 Å². The first kappa shape index (κ1) is 25.9. The molecule has 2 aromatic rings. The Labute approximate surface area is 204 Å². The Morgan fingerprint density at radius 1 is 0.971 bits per heavy atom. The fourth-order valence-corrected chi connectivity index (χ4v) is 4.01. The van der Waals surface area contributed by atoms with Crippen molar-refractivity contribution in [1.29, 1.82) is 0 Å². The quantitative estimate of drug-likeness (QED) is 0.272. The monoisotopic (exact) mass is 480 g/mol. The number of nitrogens with one attached hydrogen (secondary N) is 3. The third-order valence-electron chi connectivity index (χ3n) is 5.97. The van der Waals surface area contributed by atoms with Gasteiger partial charge in [0.1, 0.15) is 6.04 Å². The van der Waals surface area contributed by atoms with E-state index in [0.29, 0.717) is 18.5 Å². The minimum Gasteiger partial charge on any atom is -0.353 e. The van der Waals surface area contributed by atoms with Crippen LogP contribution in [-0.4, -0.2) is 52.9 Å². The summed E-state index contributed by atoms with van der Waals surface area (Å²) in [7, 11) is 0. The predicted octanol–water partition coefficient (Wildman–Crippen LogP) is 1.72. The first-order chi connectivity index (χ1) is 16.9. The van der Waals surface area contributed by atoms with Crippen LogP contribution in [0.5, 0.6) is 0 Å². The zero-order valence-corrected chi connectivity index (χ0v) is 19.9. The fourth-order valence-electron chi connectivity index (χ4n) is 4.01. The Morgan fingerprint density at radius 2 is 1.66 bits per heavy atom. The maximum absolute atomic E-state index is 12.4. The van der Waals surface area contributed by atoms with E-state index < -0.39 is 17.9 Å². The smallest absolute Gasteiger partial charge is 0.267 e. The molecule has 4 N–H and O–H groups in total. The molecule has 1 aliphatic rings. The Balaban J connectivity index is 1.43. The molecule has 9 heteroatoms. The summed E-state index contributed by atoms with van der Waals surface area (Å²) in [5.41, 5.74) is 5.35. The summed E-state index contributed by atoms with van der Waals surface area (Å²) < 4.78 is 0. The molecular weight excluding hydrogens is 448 g/mol. The molecule has 186 valence electrons. The second-order valence-corrected chi connectivity index (χ2v) is 8.60. The molecule has 0 unspecified atom stereocenters. The summed E-state index contributed by atoms with van der Waals surface area (Å²) in [6, 6.07) is 14.3. The molecule has 1 aliphatic heterocycles. The minimum atomic E-state index is -1.14. The standard InChI is InChI=1S/C26H32N4O5/c1-2-5-18-8-10-19(11-9-18)12-13-23(31)27-16-22(25(33)29-35)28-24(32)14-15-30-17-20-6-3-4-7-21(20)26(30)34/h3-4,6-11,22,35H,2,5,12-17H2,1H3,(H,27,31)(H,28,32)(H,29,33)/t22-/m0/s1. The molecule has 2 aromatic carbocycles. The van der Waals surface area contributed by atoms with Crippen molar-refractivity contribution in [2.45, 2.75) is 51.6 Å². The number of hydrogen-bond acceptors (Lipinski definition) is 5. The van der Waals surface area contributed by atoms with Crippen LogP contribution in [0.4, 0.5) is 0 Å². The number of hydrogen-bond donors (Lipinski definition) is 4. The molecule has 0 saturated heterocycles. The molecule has 3 rings (SSSR count). The maximum atomic E-state index is 12.4. The van der Waals surface area contributed by atoms with Gasteiger partial charge in [-0.1, -0.05) is 55.8 Å². The summed E-state index contributed by atoms with van der Waals surface area (Å²) in [5.74, 6) is -1.71. The second kappa shape index (κ2) is 12.7. The molecule has 0 aromatic heterocycles. The molecule has 0 fully saturated rings. The second-order valence-electron chi connectivity index (χ2n) is 8.60. The molecule has 1 heterocycles. The number of aryl methyl sites for hydroxylation is 2. The summed E-state index contributed by atoms with van der Waals surface area (Å²) in [6.45, 7) is 2.58. The van der Waals surface area contributed by atoms with Crippen LogP contribution in [0.2, 0.25) is 0 Å². The van der Waals surface area contributed by atoms with Crippen molar-refractivity contribution in [3.8, 4) is 0 Å². The highest BCUT2D eigenvalue weighted by Gasteiger charge is 2.27. The van der Waals surface area contributed by atoms with Gasteiger partial charge >= 0.3 is 0 Å². The molecule has 0 bridgehead atoms. The van der Waals surface area contributed by atoms with Crippen molar-refractivity contribution in [3.05, 3.63) is 70.8 Å². The number of rotatable bonds is 12. The molecule has 0 aliphatic carbocycles.